The summed E-state index contributed by atoms with van der Waals surface area (Å²) in [5.74, 6) is -0.0635. The zero-order valence-corrected chi connectivity index (χ0v) is 12.5. The van der Waals surface area contributed by atoms with Crippen LogP contribution < -0.4 is 10.6 Å². The van der Waals surface area contributed by atoms with Gasteiger partial charge in [0.2, 0.25) is 5.91 Å². The molecular formula is C15H21ClN2O2. The van der Waals surface area contributed by atoms with Crippen molar-refractivity contribution in [2.45, 2.75) is 32.3 Å². The van der Waals surface area contributed by atoms with Gasteiger partial charge in [-0.15, -0.1) is 0 Å². The van der Waals surface area contributed by atoms with E-state index in [1.165, 1.54) is 0 Å². The number of nitrogens with one attached hydrogen (secondary N) is 2. The first-order valence-corrected chi connectivity index (χ1v) is 7.41. The van der Waals surface area contributed by atoms with Gasteiger partial charge in [-0.25, -0.2) is 0 Å². The van der Waals surface area contributed by atoms with Crippen LogP contribution in [0.5, 0.6) is 0 Å². The van der Waals surface area contributed by atoms with E-state index in [0.717, 1.165) is 31.5 Å². The number of anilines is 1. The molecule has 0 radical (unpaired) electrons. The Morgan fingerprint density at radius 3 is 2.95 bits per heavy atom. The third-order valence-electron chi connectivity index (χ3n) is 3.36. The van der Waals surface area contributed by atoms with Crippen LogP contribution in [0.3, 0.4) is 0 Å². The number of aryl methyl sites for hydroxylation is 1. The molecule has 0 unspecified atom stereocenters. The van der Waals surface area contributed by atoms with Gasteiger partial charge in [0.1, 0.15) is 0 Å². The molecule has 1 aliphatic rings. The van der Waals surface area contributed by atoms with Gasteiger partial charge < -0.3 is 15.4 Å². The molecule has 1 heterocycles. The minimum absolute atomic E-state index is 0.0635. The zero-order chi connectivity index (χ0) is 14.4. The third-order valence-corrected chi connectivity index (χ3v) is 3.69. The summed E-state index contributed by atoms with van der Waals surface area (Å²) in [4.78, 5) is 11.9. The molecule has 0 bridgehead atoms. The van der Waals surface area contributed by atoms with E-state index in [0.29, 0.717) is 23.7 Å². The molecule has 2 N–H and O–H groups in total. The molecule has 0 saturated carbocycles. The number of benzene rings is 1. The van der Waals surface area contributed by atoms with Crippen LogP contribution >= 0.6 is 11.6 Å². The van der Waals surface area contributed by atoms with Crippen molar-refractivity contribution in [1.82, 2.24) is 5.32 Å². The molecule has 1 aromatic rings. The molecule has 0 aromatic heterocycles. The van der Waals surface area contributed by atoms with Crippen LogP contribution in [0.1, 0.15) is 24.8 Å². The minimum atomic E-state index is -0.0635. The summed E-state index contributed by atoms with van der Waals surface area (Å²) >= 11 is 6.04. The van der Waals surface area contributed by atoms with E-state index in [-0.39, 0.29) is 12.0 Å². The lowest BCUT2D eigenvalue weighted by Crippen LogP contribution is -2.33. The van der Waals surface area contributed by atoms with E-state index in [4.69, 9.17) is 16.3 Å². The predicted molar refractivity (Wildman–Crippen MR) is 81.3 cm³/mol. The molecule has 2 rings (SSSR count). The van der Waals surface area contributed by atoms with Crippen molar-refractivity contribution in [2.24, 2.45) is 0 Å². The Labute approximate surface area is 124 Å². The van der Waals surface area contributed by atoms with Crippen molar-refractivity contribution in [3.63, 3.8) is 0 Å². The summed E-state index contributed by atoms with van der Waals surface area (Å²) < 4.78 is 5.71. The van der Waals surface area contributed by atoms with Crippen molar-refractivity contribution in [3.8, 4) is 0 Å². The van der Waals surface area contributed by atoms with Crippen LogP contribution in [0, 0.1) is 6.92 Å². The highest BCUT2D eigenvalue weighted by Crippen LogP contribution is 2.22. The fourth-order valence-corrected chi connectivity index (χ4v) is 2.39. The van der Waals surface area contributed by atoms with Crippen molar-refractivity contribution in [1.29, 1.82) is 0 Å². The Bertz CT molecular complexity index is 459. The van der Waals surface area contributed by atoms with E-state index in [1.807, 2.05) is 19.1 Å². The average molecular weight is 297 g/mol. The van der Waals surface area contributed by atoms with Crippen molar-refractivity contribution >= 4 is 23.2 Å². The monoisotopic (exact) mass is 296 g/mol. The Morgan fingerprint density at radius 2 is 2.20 bits per heavy atom. The molecule has 0 aliphatic carbocycles. The van der Waals surface area contributed by atoms with E-state index in [1.54, 1.807) is 6.07 Å². The predicted octanol–water partition coefficient (Wildman–Crippen LogP) is 2.75. The van der Waals surface area contributed by atoms with Crippen LogP contribution in [0.2, 0.25) is 5.02 Å². The molecular weight excluding hydrogens is 276 g/mol. The third kappa shape index (κ3) is 4.78. The summed E-state index contributed by atoms with van der Waals surface area (Å²) in [5, 5.41) is 6.67. The maximum atomic E-state index is 11.9. The molecule has 1 fully saturated rings. The van der Waals surface area contributed by atoms with Crippen LogP contribution in [-0.2, 0) is 9.53 Å². The van der Waals surface area contributed by atoms with E-state index < -0.39 is 0 Å². The first kappa shape index (κ1) is 15.3. The average Bonchev–Trinajstić information content (AvgIpc) is 2.44. The van der Waals surface area contributed by atoms with Crippen molar-refractivity contribution in [2.75, 3.05) is 25.0 Å². The number of carbonyl (C=O) groups is 1. The number of ether oxygens (including phenoxy) is 1. The second kappa shape index (κ2) is 7.62. The minimum Gasteiger partial charge on any atom is -0.378 e. The topological polar surface area (TPSA) is 50.4 Å². The SMILES string of the molecule is Cc1ccc(Cl)c(NC(=O)CCOC2CCNCC2)c1. The van der Waals surface area contributed by atoms with Crippen LogP contribution in [-0.4, -0.2) is 31.7 Å². The van der Waals surface area contributed by atoms with Crippen LogP contribution in [0.25, 0.3) is 0 Å². The lowest BCUT2D eigenvalue weighted by Gasteiger charge is -2.22. The molecule has 0 atom stereocenters. The molecule has 110 valence electrons. The summed E-state index contributed by atoms with van der Waals surface area (Å²) in [5.41, 5.74) is 1.73. The maximum absolute atomic E-state index is 11.9. The Morgan fingerprint density at radius 1 is 1.45 bits per heavy atom. The number of amides is 1. The molecule has 20 heavy (non-hydrogen) atoms. The van der Waals surface area contributed by atoms with E-state index in [2.05, 4.69) is 10.6 Å². The second-order valence-electron chi connectivity index (χ2n) is 5.10. The highest BCUT2D eigenvalue weighted by Gasteiger charge is 2.14. The van der Waals surface area contributed by atoms with Gasteiger partial charge in [-0.3, -0.25) is 4.79 Å². The maximum Gasteiger partial charge on any atom is 0.226 e. The first-order chi connectivity index (χ1) is 9.65. The van der Waals surface area contributed by atoms with Gasteiger partial charge in [-0.2, -0.15) is 0 Å². The highest BCUT2D eigenvalue weighted by molar-refractivity contribution is 6.33. The summed E-state index contributed by atoms with van der Waals surface area (Å²) in [7, 11) is 0. The second-order valence-corrected chi connectivity index (χ2v) is 5.51. The zero-order valence-electron chi connectivity index (χ0n) is 11.7. The van der Waals surface area contributed by atoms with Crippen LogP contribution in [0.4, 0.5) is 5.69 Å². The van der Waals surface area contributed by atoms with Crippen LogP contribution in [0.15, 0.2) is 18.2 Å². The van der Waals surface area contributed by atoms with Gasteiger partial charge in [0.25, 0.3) is 0 Å². The molecule has 1 amide bonds. The van der Waals surface area contributed by atoms with E-state index in [9.17, 15) is 4.79 Å². The smallest absolute Gasteiger partial charge is 0.226 e. The van der Waals surface area contributed by atoms with Crippen molar-refractivity contribution in [3.05, 3.63) is 28.8 Å². The number of rotatable bonds is 5. The molecule has 1 aromatic carbocycles. The number of hydrogen-bond acceptors (Lipinski definition) is 3. The number of carbonyl (C=O) groups excluding carboxylic acids is 1. The van der Waals surface area contributed by atoms with Gasteiger partial charge in [0.15, 0.2) is 0 Å². The lowest BCUT2D eigenvalue weighted by molar-refractivity contribution is -0.117. The molecule has 1 saturated heterocycles. The fraction of sp³-hybridized carbons (Fsp3) is 0.533. The van der Waals surface area contributed by atoms with Gasteiger partial charge in [0, 0.05) is 0 Å². The summed E-state index contributed by atoms with van der Waals surface area (Å²) in [6.45, 7) is 4.41. The molecule has 5 heteroatoms. The Kier molecular flexibility index (Phi) is 5.83. The Hall–Kier alpha value is -1.10. The summed E-state index contributed by atoms with van der Waals surface area (Å²) in [6, 6.07) is 5.57. The lowest BCUT2D eigenvalue weighted by atomic mass is 10.1. The van der Waals surface area contributed by atoms with E-state index >= 15 is 0 Å². The normalized spacial score (nSPS) is 16.1. The largest absolute Gasteiger partial charge is 0.378 e. The summed E-state index contributed by atoms with van der Waals surface area (Å²) in [6.07, 6.45) is 2.68. The standard InChI is InChI=1S/C15H21ClN2O2/c1-11-2-3-13(16)14(10-11)18-15(19)6-9-20-12-4-7-17-8-5-12/h2-3,10,12,17H,4-9H2,1H3,(H,18,19). The molecule has 1 aliphatic heterocycles. The quantitative estimate of drug-likeness (QED) is 0.878. The van der Waals surface area contributed by atoms with Gasteiger partial charge in [-0.1, -0.05) is 17.7 Å². The van der Waals surface area contributed by atoms with Gasteiger partial charge in [0.05, 0.1) is 29.8 Å². The molecule has 0 spiro atoms. The number of piperidine rings is 1. The van der Waals surface area contributed by atoms with Gasteiger partial charge >= 0.3 is 0 Å². The fourth-order valence-electron chi connectivity index (χ4n) is 2.23. The number of halogens is 1. The highest BCUT2D eigenvalue weighted by atomic mass is 35.5. The number of hydrogen-bond donors (Lipinski definition) is 2. The Balaban J connectivity index is 1.73. The van der Waals surface area contributed by atoms with Crippen molar-refractivity contribution < 1.29 is 9.53 Å². The molecule has 4 nitrogen and oxygen atoms in total. The first-order valence-electron chi connectivity index (χ1n) is 7.03. The van der Waals surface area contributed by atoms with Gasteiger partial charge in [-0.05, 0) is 50.6 Å².